The van der Waals surface area contributed by atoms with Crippen LogP contribution in [0.1, 0.15) is 11.1 Å². The molecule has 3 rings (SSSR count). The Morgan fingerprint density at radius 2 is 1.87 bits per heavy atom. The van der Waals surface area contributed by atoms with Gasteiger partial charge in [0.05, 0.1) is 19.7 Å². The van der Waals surface area contributed by atoms with Crippen LogP contribution in [0.15, 0.2) is 41.2 Å². The zero-order valence-electron chi connectivity index (χ0n) is 17.6. The van der Waals surface area contributed by atoms with Crippen molar-refractivity contribution in [2.24, 2.45) is 0 Å². The molecule has 3 N–H and O–H groups in total. The van der Waals surface area contributed by atoms with Gasteiger partial charge < -0.3 is 19.2 Å². The van der Waals surface area contributed by atoms with Crippen LogP contribution in [0.4, 0.5) is 0 Å². The van der Waals surface area contributed by atoms with E-state index in [-0.39, 0.29) is 12.2 Å². The van der Waals surface area contributed by atoms with Crippen molar-refractivity contribution in [2.75, 3.05) is 20.8 Å². The highest BCUT2D eigenvalue weighted by Gasteiger charge is 2.15. The number of nitrogens with zero attached hydrogens (tertiary/aromatic N) is 1. The van der Waals surface area contributed by atoms with Crippen LogP contribution in [0.25, 0.3) is 22.3 Å². The lowest BCUT2D eigenvalue weighted by atomic mass is 10.0. The fraction of sp³-hybridized carbons (Fsp3) is 0.227. The van der Waals surface area contributed by atoms with Gasteiger partial charge in [0.1, 0.15) is 35.1 Å². The highest BCUT2D eigenvalue weighted by molar-refractivity contribution is 5.87. The van der Waals surface area contributed by atoms with Crippen molar-refractivity contribution in [1.82, 2.24) is 15.4 Å². The lowest BCUT2D eigenvalue weighted by molar-refractivity contribution is -0.124. The van der Waals surface area contributed by atoms with Crippen molar-refractivity contribution in [2.45, 2.75) is 13.8 Å². The number of ether oxygens (including phenoxy) is 3. The molecule has 0 spiro atoms. The molecule has 3 aromatic rings. The maximum Gasteiger partial charge on any atom is 0.267 e. The van der Waals surface area contributed by atoms with Crippen LogP contribution < -0.4 is 25.2 Å². The van der Waals surface area contributed by atoms with E-state index < -0.39 is 5.91 Å². The number of benzene rings is 2. The molecule has 9 heteroatoms. The molecule has 162 valence electrons. The van der Waals surface area contributed by atoms with E-state index >= 15 is 0 Å². The minimum Gasteiger partial charge on any atom is -0.497 e. The predicted octanol–water partition coefficient (Wildman–Crippen LogP) is 2.66. The van der Waals surface area contributed by atoms with Gasteiger partial charge in [0.2, 0.25) is 0 Å². The lowest BCUT2D eigenvalue weighted by Crippen LogP contribution is -2.15. The second-order valence-electron chi connectivity index (χ2n) is 6.77. The second-order valence-corrected chi connectivity index (χ2v) is 6.77. The summed E-state index contributed by atoms with van der Waals surface area (Å²) in [6.07, 6.45) is 2.66. The number of hydrogen-bond acceptors (Lipinski definition) is 7. The molecule has 0 bridgehead atoms. The minimum atomic E-state index is -0.632. The summed E-state index contributed by atoms with van der Waals surface area (Å²) in [5.41, 5.74) is 4.04. The third-order valence-electron chi connectivity index (χ3n) is 4.64. The molecule has 1 heterocycles. The number of fused-ring (bicyclic) bond motifs is 1. The topological polar surface area (TPSA) is 123 Å². The molecule has 1 aromatic heterocycles. The van der Waals surface area contributed by atoms with Crippen molar-refractivity contribution in [3.05, 3.63) is 57.9 Å². The number of hydrogen-bond donors (Lipinski definition) is 3. The predicted molar refractivity (Wildman–Crippen MR) is 115 cm³/mol. The van der Waals surface area contributed by atoms with E-state index in [1.807, 2.05) is 26.0 Å². The van der Waals surface area contributed by atoms with Crippen molar-refractivity contribution in [3.63, 3.8) is 0 Å². The SMILES string of the molecule is COc1cc(OC)c2c(=O)[nH]c(-c3cc(C)c(OC/C=C/C(=O)NO)c(C)c3)nc2c1. The first-order chi connectivity index (χ1) is 14.9. The molecule has 0 saturated carbocycles. The first-order valence-corrected chi connectivity index (χ1v) is 9.39. The molecule has 9 nitrogen and oxygen atoms in total. The molecule has 31 heavy (non-hydrogen) atoms. The third-order valence-corrected chi connectivity index (χ3v) is 4.64. The summed E-state index contributed by atoms with van der Waals surface area (Å²) in [5, 5.41) is 8.83. The normalized spacial score (nSPS) is 11.0. The summed E-state index contributed by atoms with van der Waals surface area (Å²) in [6, 6.07) is 7.03. The second kappa shape index (κ2) is 9.31. The van der Waals surface area contributed by atoms with Gasteiger partial charge in [0.25, 0.3) is 11.5 Å². The highest BCUT2D eigenvalue weighted by Crippen LogP contribution is 2.31. The Bertz CT molecular complexity index is 1190. The van der Waals surface area contributed by atoms with Gasteiger partial charge in [-0.05, 0) is 43.2 Å². The molecule has 2 aromatic carbocycles. The summed E-state index contributed by atoms with van der Waals surface area (Å²) in [4.78, 5) is 31.2. The van der Waals surface area contributed by atoms with Gasteiger partial charge in [-0.3, -0.25) is 14.8 Å². The maximum atomic E-state index is 12.7. The van der Waals surface area contributed by atoms with Crippen molar-refractivity contribution in [3.8, 4) is 28.6 Å². The number of amides is 1. The fourth-order valence-corrected chi connectivity index (χ4v) is 3.27. The first-order valence-electron chi connectivity index (χ1n) is 9.39. The number of methoxy groups -OCH3 is 2. The highest BCUT2D eigenvalue weighted by atomic mass is 16.5. The lowest BCUT2D eigenvalue weighted by Gasteiger charge is -2.13. The molecule has 0 fully saturated rings. The number of carbonyl (C=O) groups excluding carboxylic acids is 1. The average molecular weight is 425 g/mol. The van der Waals surface area contributed by atoms with Crippen molar-refractivity contribution < 1.29 is 24.2 Å². The van der Waals surface area contributed by atoms with Crippen LogP contribution in [0.5, 0.6) is 17.2 Å². The summed E-state index contributed by atoms with van der Waals surface area (Å²) < 4.78 is 16.3. The Morgan fingerprint density at radius 3 is 2.48 bits per heavy atom. The largest absolute Gasteiger partial charge is 0.497 e. The molecule has 0 aliphatic rings. The molecule has 1 amide bonds. The summed E-state index contributed by atoms with van der Waals surface area (Å²) in [6.45, 7) is 3.90. The molecular weight excluding hydrogens is 402 g/mol. The van der Waals surface area contributed by atoms with Gasteiger partial charge in [-0.1, -0.05) is 0 Å². The number of aryl methyl sites for hydroxylation is 2. The number of aromatic nitrogens is 2. The van der Waals surface area contributed by atoms with Crippen LogP contribution in [0.3, 0.4) is 0 Å². The number of aromatic amines is 1. The third kappa shape index (κ3) is 4.67. The van der Waals surface area contributed by atoms with E-state index in [9.17, 15) is 9.59 Å². The Kier molecular flexibility index (Phi) is 6.56. The molecule has 0 saturated heterocycles. The number of nitrogens with one attached hydrogen (secondary N) is 2. The smallest absolute Gasteiger partial charge is 0.267 e. The van der Waals surface area contributed by atoms with Gasteiger partial charge >= 0.3 is 0 Å². The van der Waals surface area contributed by atoms with Gasteiger partial charge in [-0.15, -0.1) is 0 Å². The molecule has 0 radical (unpaired) electrons. The zero-order valence-corrected chi connectivity index (χ0v) is 17.6. The van der Waals surface area contributed by atoms with Gasteiger partial charge in [-0.25, -0.2) is 10.5 Å². The number of rotatable bonds is 7. The van der Waals surface area contributed by atoms with E-state index in [1.54, 1.807) is 12.1 Å². The minimum absolute atomic E-state index is 0.152. The average Bonchev–Trinajstić information content (AvgIpc) is 2.76. The fourth-order valence-electron chi connectivity index (χ4n) is 3.27. The zero-order chi connectivity index (χ0) is 22.5. The first kappa shape index (κ1) is 21.8. The molecule has 0 aliphatic carbocycles. The van der Waals surface area contributed by atoms with Crippen LogP contribution >= 0.6 is 0 Å². The quantitative estimate of drug-likeness (QED) is 0.302. The monoisotopic (exact) mass is 425 g/mol. The summed E-state index contributed by atoms with van der Waals surface area (Å²) in [7, 11) is 3.02. The van der Waals surface area contributed by atoms with E-state index in [4.69, 9.17) is 19.4 Å². The molecule has 0 atom stereocenters. The number of H-pyrrole nitrogens is 1. The van der Waals surface area contributed by atoms with Gasteiger partial charge in [0, 0.05) is 23.8 Å². The molecule has 0 unspecified atom stereocenters. The van der Waals surface area contributed by atoms with E-state index in [0.29, 0.717) is 34.0 Å². The molecule has 0 aliphatic heterocycles. The molecular formula is C22H23N3O6. The number of carbonyl (C=O) groups is 1. The van der Waals surface area contributed by atoms with Gasteiger partial charge in [0.15, 0.2) is 0 Å². The van der Waals surface area contributed by atoms with E-state index in [2.05, 4.69) is 9.97 Å². The Morgan fingerprint density at radius 1 is 1.16 bits per heavy atom. The van der Waals surface area contributed by atoms with Crippen LogP contribution in [0.2, 0.25) is 0 Å². The Balaban J connectivity index is 1.98. The summed E-state index contributed by atoms with van der Waals surface area (Å²) >= 11 is 0. The Hall–Kier alpha value is -3.85. The van der Waals surface area contributed by atoms with Crippen molar-refractivity contribution in [1.29, 1.82) is 0 Å². The van der Waals surface area contributed by atoms with Crippen LogP contribution in [-0.4, -0.2) is 41.9 Å². The van der Waals surface area contributed by atoms with Crippen molar-refractivity contribution >= 4 is 16.8 Å². The summed E-state index contributed by atoms with van der Waals surface area (Å²) in [5.74, 6) is 1.35. The maximum absolute atomic E-state index is 12.7. The van der Waals surface area contributed by atoms with Gasteiger partial charge in [-0.2, -0.15) is 0 Å². The Labute approximate surface area is 178 Å². The van der Waals surface area contributed by atoms with Crippen LogP contribution in [0, 0.1) is 13.8 Å². The van der Waals surface area contributed by atoms with E-state index in [1.165, 1.54) is 31.9 Å². The van der Waals surface area contributed by atoms with E-state index in [0.717, 1.165) is 16.7 Å². The van der Waals surface area contributed by atoms with Crippen LogP contribution in [-0.2, 0) is 4.79 Å². The standard InChI is InChI=1S/C22H23N3O6/c1-12-8-14(9-13(2)20(12)31-7-5-6-18(26)25-28)21-23-16-10-15(29-3)11-17(30-4)19(16)22(27)24-21/h5-6,8-11,28H,7H2,1-4H3,(H,25,26)(H,23,24,27)/b6-5+. The number of hydroxylamine groups is 1.